The number of benzene rings is 2. The number of ether oxygens (including phenoxy) is 2. The van der Waals surface area contributed by atoms with Crippen LogP contribution in [0.1, 0.15) is 28.4 Å². The highest BCUT2D eigenvalue weighted by atomic mass is 79.9. The van der Waals surface area contributed by atoms with Crippen molar-refractivity contribution in [3.05, 3.63) is 51.5 Å². The molecule has 132 valence electrons. The SMILES string of the molecule is CCOc1cc(C=O)cc(Br)c1OCC(=O)Nc1cc(C)cc(C)c1. The first-order chi connectivity index (χ1) is 11.9. The predicted octanol–water partition coefficient (Wildman–Crippen LogP) is 4.29. The van der Waals surface area contributed by atoms with Gasteiger partial charge in [-0.1, -0.05) is 6.07 Å². The molecular formula is C19H20BrNO4. The lowest BCUT2D eigenvalue weighted by Crippen LogP contribution is -2.20. The first kappa shape index (κ1) is 19.0. The maximum atomic E-state index is 12.2. The minimum absolute atomic E-state index is 0.175. The molecule has 0 spiro atoms. The highest BCUT2D eigenvalue weighted by Crippen LogP contribution is 2.36. The summed E-state index contributed by atoms with van der Waals surface area (Å²) in [5.41, 5.74) is 3.33. The molecule has 0 heterocycles. The molecule has 0 aliphatic heterocycles. The van der Waals surface area contributed by atoms with Gasteiger partial charge < -0.3 is 14.8 Å². The van der Waals surface area contributed by atoms with Gasteiger partial charge in [-0.3, -0.25) is 9.59 Å². The van der Waals surface area contributed by atoms with E-state index in [0.29, 0.717) is 28.1 Å². The van der Waals surface area contributed by atoms with Crippen LogP contribution in [0.3, 0.4) is 0 Å². The van der Waals surface area contributed by atoms with Crippen LogP contribution in [0.25, 0.3) is 0 Å². The van der Waals surface area contributed by atoms with Crippen LogP contribution < -0.4 is 14.8 Å². The van der Waals surface area contributed by atoms with Crippen LogP contribution in [0.15, 0.2) is 34.8 Å². The number of hydrogen-bond acceptors (Lipinski definition) is 4. The monoisotopic (exact) mass is 405 g/mol. The average molecular weight is 406 g/mol. The fourth-order valence-electron chi connectivity index (χ4n) is 2.44. The molecular weight excluding hydrogens is 386 g/mol. The Bertz CT molecular complexity index is 769. The van der Waals surface area contributed by atoms with Crippen molar-refractivity contribution in [1.82, 2.24) is 0 Å². The van der Waals surface area contributed by atoms with E-state index < -0.39 is 0 Å². The predicted molar refractivity (Wildman–Crippen MR) is 101 cm³/mol. The van der Waals surface area contributed by atoms with Gasteiger partial charge >= 0.3 is 0 Å². The molecule has 0 saturated carbocycles. The molecule has 1 amide bonds. The number of nitrogens with one attached hydrogen (secondary N) is 1. The minimum atomic E-state index is -0.279. The molecule has 25 heavy (non-hydrogen) atoms. The molecule has 0 fully saturated rings. The molecule has 0 aliphatic carbocycles. The maximum absolute atomic E-state index is 12.2. The van der Waals surface area contributed by atoms with Gasteiger partial charge in [-0.15, -0.1) is 0 Å². The standard InChI is InChI=1S/C19H20BrNO4/c1-4-24-17-9-14(10-22)8-16(20)19(17)25-11-18(23)21-15-6-12(2)5-13(3)7-15/h5-10H,4,11H2,1-3H3,(H,21,23). The summed E-state index contributed by atoms with van der Waals surface area (Å²) in [6.45, 7) is 6.02. The van der Waals surface area contributed by atoms with Gasteiger partial charge in [-0.2, -0.15) is 0 Å². The first-order valence-corrected chi connectivity index (χ1v) is 8.64. The van der Waals surface area contributed by atoms with Crippen molar-refractivity contribution >= 4 is 33.8 Å². The number of halogens is 1. The third-order valence-corrected chi connectivity index (χ3v) is 3.91. The van der Waals surface area contributed by atoms with E-state index in [4.69, 9.17) is 9.47 Å². The Morgan fingerprint density at radius 3 is 2.40 bits per heavy atom. The third-order valence-electron chi connectivity index (χ3n) is 3.32. The van der Waals surface area contributed by atoms with E-state index in [9.17, 15) is 9.59 Å². The van der Waals surface area contributed by atoms with Gasteiger partial charge in [0.05, 0.1) is 11.1 Å². The molecule has 1 N–H and O–H groups in total. The zero-order valence-electron chi connectivity index (χ0n) is 14.4. The van der Waals surface area contributed by atoms with Gasteiger partial charge in [-0.05, 0) is 72.1 Å². The van der Waals surface area contributed by atoms with Gasteiger partial charge in [0.2, 0.25) is 0 Å². The Kier molecular flexibility index (Phi) is 6.58. The topological polar surface area (TPSA) is 64.6 Å². The smallest absolute Gasteiger partial charge is 0.262 e. The summed E-state index contributed by atoms with van der Waals surface area (Å²) >= 11 is 3.35. The lowest BCUT2D eigenvalue weighted by molar-refractivity contribution is -0.118. The molecule has 0 saturated heterocycles. The van der Waals surface area contributed by atoms with Crippen molar-refractivity contribution in [2.24, 2.45) is 0 Å². The summed E-state index contributed by atoms with van der Waals surface area (Å²) in [5.74, 6) is 0.528. The van der Waals surface area contributed by atoms with E-state index in [1.807, 2.05) is 39.0 Å². The molecule has 0 radical (unpaired) electrons. The lowest BCUT2D eigenvalue weighted by atomic mass is 10.1. The Balaban J connectivity index is 2.09. The number of amides is 1. The van der Waals surface area contributed by atoms with Crippen LogP contribution in [0.5, 0.6) is 11.5 Å². The maximum Gasteiger partial charge on any atom is 0.262 e. The van der Waals surface area contributed by atoms with Crippen molar-refractivity contribution in [1.29, 1.82) is 0 Å². The zero-order valence-corrected chi connectivity index (χ0v) is 16.0. The van der Waals surface area contributed by atoms with Crippen LogP contribution in [0.2, 0.25) is 0 Å². The Hall–Kier alpha value is -2.34. The van der Waals surface area contributed by atoms with Gasteiger partial charge in [0.1, 0.15) is 6.29 Å². The van der Waals surface area contributed by atoms with Crippen LogP contribution >= 0.6 is 15.9 Å². The summed E-state index contributed by atoms with van der Waals surface area (Å²) < 4.78 is 11.7. The highest BCUT2D eigenvalue weighted by molar-refractivity contribution is 9.10. The molecule has 0 unspecified atom stereocenters. The fraction of sp³-hybridized carbons (Fsp3) is 0.263. The molecule has 2 rings (SSSR count). The summed E-state index contributed by atoms with van der Waals surface area (Å²) in [4.78, 5) is 23.1. The van der Waals surface area contributed by atoms with Crippen LogP contribution in [0.4, 0.5) is 5.69 Å². The van der Waals surface area contributed by atoms with Crippen LogP contribution in [-0.2, 0) is 4.79 Å². The van der Waals surface area contributed by atoms with E-state index in [2.05, 4.69) is 21.2 Å². The van der Waals surface area contributed by atoms with Crippen molar-refractivity contribution in [3.8, 4) is 11.5 Å². The summed E-state index contributed by atoms with van der Waals surface area (Å²) in [7, 11) is 0. The minimum Gasteiger partial charge on any atom is -0.490 e. The summed E-state index contributed by atoms with van der Waals surface area (Å²) in [6, 6.07) is 9.02. The number of anilines is 1. The molecule has 6 heteroatoms. The van der Waals surface area contributed by atoms with E-state index >= 15 is 0 Å². The first-order valence-electron chi connectivity index (χ1n) is 7.85. The second-order valence-electron chi connectivity index (χ2n) is 5.59. The Morgan fingerprint density at radius 2 is 1.80 bits per heavy atom. The second-order valence-corrected chi connectivity index (χ2v) is 6.45. The van der Waals surface area contributed by atoms with Crippen molar-refractivity contribution < 1.29 is 19.1 Å². The molecule has 0 aromatic heterocycles. The summed E-state index contributed by atoms with van der Waals surface area (Å²) in [6.07, 6.45) is 0.726. The second kappa shape index (κ2) is 8.67. The molecule has 0 atom stereocenters. The normalized spacial score (nSPS) is 10.2. The average Bonchev–Trinajstić information content (AvgIpc) is 2.53. The fourth-order valence-corrected chi connectivity index (χ4v) is 3.01. The number of hydrogen-bond donors (Lipinski definition) is 1. The van der Waals surface area contributed by atoms with Gasteiger partial charge in [-0.25, -0.2) is 0 Å². The molecule has 0 aliphatic rings. The zero-order chi connectivity index (χ0) is 18.4. The van der Waals surface area contributed by atoms with E-state index in [1.54, 1.807) is 12.1 Å². The van der Waals surface area contributed by atoms with Gasteiger partial charge in [0.15, 0.2) is 18.1 Å². The quantitative estimate of drug-likeness (QED) is 0.697. The van der Waals surface area contributed by atoms with Crippen molar-refractivity contribution in [2.45, 2.75) is 20.8 Å². The number of carbonyl (C=O) groups is 2. The number of aryl methyl sites for hydroxylation is 2. The molecule has 0 bridgehead atoms. The third kappa shape index (κ3) is 5.32. The Labute approximate surface area is 155 Å². The lowest BCUT2D eigenvalue weighted by Gasteiger charge is -2.14. The summed E-state index contributed by atoms with van der Waals surface area (Å²) in [5, 5.41) is 2.81. The van der Waals surface area contributed by atoms with E-state index in [-0.39, 0.29) is 12.5 Å². The van der Waals surface area contributed by atoms with Crippen molar-refractivity contribution in [2.75, 3.05) is 18.5 Å². The number of aldehydes is 1. The molecule has 2 aromatic carbocycles. The van der Waals surface area contributed by atoms with Crippen LogP contribution in [0, 0.1) is 13.8 Å². The van der Waals surface area contributed by atoms with E-state index in [0.717, 1.165) is 23.1 Å². The van der Waals surface area contributed by atoms with Gasteiger partial charge in [0.25, 0.3) is 5.91 Å². The molecule has 5 nitrogen and oxygen atoms in total. The number of rotatable bonds is 7. The van der Waals surface area contributed by atoms with Crippen molar-refractivity contribution in [3.63, 3.8) is 0 Å². The Morgan fingerprint density at radius 1 is 1.12 bits per heavy atom. The molecule has 2 aromatic rings. The van der Waals surface area contributed by atoms with Crippen LogP contribution in [-0.4, -0.2) is 25.4 Å². The largest absolute Gasteiger partial charge is 0.490 e. The highest BCUT2D eigenvalue weighted by Gasteiger charge is 2.14. The van der Waals surface area contributed by atoms with E-state index in [1.165, 1.54) is 0 Å². The number of carbonyl (C=O) groups excluding carboxylic acids is 2. The van der Waals surface area contributed by atoms with Gasteiger partial charge in [0, 0.05) is 11.3 Å².